The number of piperidine rings is 1. The summed E-state index contributed by atoms with van der Waals surface area (Å²) in [6.45, 7) is 4.51. The Balaban J connectivity index is 2.25. The summed E-state index contributed by atoms with van der Waals surface area (Å²) < 4.78 is 4.88. The number of halogens is 1. The van der Waals surface area contributed by atoms with Crippen molar-refractivity contribution in [2.45, 2.75) is 38.6 Å². The molecule has 1 N–H and O–H groups in total. The summed E-state index contributed by atoms with van der Waals surface area (Å²) in [6.07, 6.45) is 0.404. The summed E-state index contributed by atoms with van der Waals surface area (Å²) in [5.74, 6) is -1.19. The SMILES string of the molecule is COC(=O)C1(N(O)C(=O)Cc2c(C)cc(Cl)cc2C)CCN(OC)CC1. The summed E-state index contributed by atoms with van der Waals surface area (Å²) in [6, 6.07) is 3.54. The summed E-state index contributed by atoms with van der Waals surface area (Å²) in [4.78, 5) is 30.3. The Labute approximate surface area is 158 Å². The fourth-order valence-corrected chi connectivity index (χ4v) is 3.74. The smallest absolute Gasteiger partial charge is 0.334 e. The van der Waals surface area contributed by atoms with Gasteiger partial charge in [0.05, 0.1) is 20.6 Å². The van der Waals surface area contributed by atoms with Crippen molar-refractivity contribution in [1.82, 2.24) is 10.1 Å². The highest BCUT2D eigenvalue weighted by Gasteiger charge is 2.49. The molecule has 26 heavy (non-hydrogen) atoms. The first-order valence-corrected chi connectivity index (χ1v) is 8.78. The lowest BCUT2D eigenvalue weighted by molar-refractivity contribution is -0.228. The summed E-state index contributed by atoms with van der Waals surface area (Å²) in [5.41, 5.74) is 1.10. The minimum Gasteiger partial charge on any atom is -0.467 e. The lowest BCUT2D eigenvalue weighted by Gasteiger charge is -2.42. The quantitative estimate of drug-likeness (QED) is 0.476. The zero-order valence-electron chi connectivity index (χ0n) is 15.5. The highest BCUT2D eigenvalue weighted by atomic mass is 35.5. The maximum absolute atomic E-state index is 12.8. The number of amides is 1. The summed E-state index contributed by atoms with van der Waals surface area (Å²) >= 11 is 6.03. The van der Waals surface area contributed by atoms with E-state index in [-0.39, 0.29) is 19.3 Å². The number of nitrogens with zero attached hydrogens (tertiary/aromatic N) is 2. The van der Waals surface area contributed by atoms with Gasteiger partial charge in [0, 0.05) is 18.1 Å². The monoisotopic (exact) mass is 384 g/mol. The number of carbonyl (C=O) groups excluding carboxylic acids is 2. The van der Waals surface area contributed by atoms with Crippen LogP contribution >= 0.6 is 11.6 Å². The second kappa shape index (κ2) is 8.35. The first kappa shape index (κ1) is 20.6. The van der Waals surface area contributed by atoms with Gasteiger partial charge in [-0.05, 0) is 55.5 Å². The van der Waals surface area contributed by atoms with Crippen LogP contribution in [-0.4, -0.2) is 60.1 Å². The summed E-state index contributed by atoms with van der Waals surface area (Å²) in [7, 11) is 2.79. The number of ether oxygens (including phenoxy) is 1. The van der Waals surface area contributed by atoms with Gasteiger partial charge in [0.1, 0.15) is 0 Å². The van der Waals surface area contributed by atoms with Crippen LogP contribution in [0.4, 0.5) is 0 Å². The van der Waals surface area contributed by atoms with Crippen LogP contribution in [0.1, 0.15) is 29.5 Å². The molecule has 1 aliphatic rings. The van der Waals surface area contributed by atoms with Crippen LogP contribution in [-0.2, 0) is 25.6 Å². The van der Waals surface area contributed by atoms with Crippen LogP contribution < -0.4 is 0 Å². The van der Waals surface area contributed by atoms with Crippen LogP contribution in [0.2, 0.25) is 5.02 Å². The van der Waals surface area contributed by atoms with E-state index < -0.39 is 17.4 Å². The third-order valence-corrected chi connectivity index (χ3v) is 5.22. The van der Waals surface area contributed by atoms with Gasteiger partial charge < -0.3 is 9.57 Å². The van der Waals surface area contributed by atoms with Crippen LogP contribution in [0.25, 0.3) is 0 Å². The third kappa shape index (κ3) is 4.01. The zero-order chi connectivity index (χ0) is 19.5. The number of hydroxylamine groups is 4. The Kier molecular flexibility index (Phi) is 6.63. The highest BCUT2D eigenvalue weighted by Crippen LogP contribution is 2.31. The molecule has 0 aromatic heterocycles. The van der Waals surface area contributed by atoms with Gasteiger partial charge in [-0.1, -0.05) is 11.6 Å². The number of esters is 1. The molecule has 1 amide bonds. The first-order chi connectivity index (χ1) is 12.2. The van der Waals surface area contributed by atoms with E-state index in [2.05, 4.69) is 0 Å². The van der Waals surface area contributed by atoms with E-state index in [1.54, 1.807) is 24.3 Å². The highest BCUT2D eigenvalue weighted by molar-refractivity contribution is 6.30. The maximum atomic E-state index is 12.8. The number of methoxy groups -OCH3 is 1. The topological polar surface area (TPSA) is 79.3 Å². The van der Waals surface area contributed by atoms with E-state index in [1.807, 2.05) is 13.8 Å². The van der Waals surface area contributed by atoms with Gasteiger partial charge >= 0.3 is 5.97 Å². The van der Waals surface area contributed by atoms with E-state index >= 15 is 0 Å². The molecular weight excluding hydrogens is 360 g/mol. The molecule has 8 heteroatoms. The Morgan fingerprint density at radius 2 is 1.77 bits per heavy atom. The van der Waals surface area contributed by atoms with Gasteiger partial charge in [-0.2, -0.15) is 5.06 Å². The molecule has 1 aromatic rings. The Morgan fingerprint density at radius 3 is 2.23 bits per heavy atom. The third-order valence-electron chi connectivity index (χ3n) is 5.00. The van der Waals surface area contributed by atoms with Gasteiger partial charge in [-0.3, -0.25) is 10.0 Å². The first-order valence-electron chi connectivity index (χ1n) is 8.40. The number of hydrogen-bond acceptors (Lipinski definition) is 6. The van der Waals surface area contributed by atoms with Crippen molar-refractivity contribution in [3.05, 3.63) is 33.8 Å². The molecular formula is C18H25ClN2O5. The normalized spacial score (nSPS) is 17.0. The molecule has 0 atom stereocenters. The number of hydrogen-bond donors (Lipinski definition) is 1. The van der Waals surface area contributed by atoms with Gasteiger partial charge in [-0.15, -0.1) is 0 Å². The van der Waals surface area contributed by atoms with Crippen molar-refractivity contribution >= 4 is 23.5 Å². The summed E-state index contributed by atoms with van der Waals surface area (Å²) in [5, 5.41) is 13.5. The van der Waals surface area contributed by atoms with E-state index in [9.17, 15) is 14.8 Å². The number of aryl methyl sites for hydroxylation is 2. The van der Waals surface area contributed by atoms with Gasteiger partial charge in [-0.25, -0.2) is 9.86 Å². The molecule has 2 rings (SSSR count). The van der Waals surface area contributed by atoms with Crippen LogP contribution in [0, 0.1) is 13.8 Å². The van der Waals surface area contributed by atoms with Crippen molar-refractivity contribution in [2.75, 3.05) is 27.3 Å². The van der Waals surface area contributed by atoms with Gasteiger partial charge in [0.15, 0.2) is 5.54 Å². The number of carbonyl (C=O) groups is 2. The molecule has 1 heterocycles. The molecule has 7 nitrogen and oxygen atoms in total. The van der Waals surface area contributed by atoms with Gasteiger partial charge in [0.2, 0.25) is 0 Å². The average Bonchev–Trinajstić information content (AvgIpc) is 2.63. The van der Waals surface area contributed by atoms with Crippen molar-refractivity contribution < 1.29 is 24.4 Å². The minimum atomic E-state index is -1.41. The molecule has 1 aromatic carbocycles. The van der Waals surface area contributed by atoms with Crippen molar-refractivity contribution in [2.24, 2.45) is 0 Å². The van der Waals surface area contributed by atoms with Crippen LogP contribution in [0.15, 0.2) is 12.1 Å². The number of benzene rings is 1. The van der Waals surface area contributed by atoms with Crippen LogP contribution in [0.3, 0.4) is 0 Å². The average molecular weight is 385 g/mol. The molecule has 1 saturated heterocycles. The largest absolute Gasteiger partial charge is 0.467 e. The molecule has 0 aliphatic carbocycles. The second-order valence-electron chi connectivity index (χ2n) is 6.54. The molecule has 0 saturated carbocycles. The lowest BCUT2D eigenvalue weighted by atomic mass is 9.87. The second-order valence-corrected chi connectivity index (χ2v) is 6.97. The van der Waals surface area contributed by atoms with E-state index in [0.29, 0.717) is 23.2 Å². The molecule has 1 fully saturated rings. The lowest BCUT2D eigenvalue weighted by Crippen LogP contribution is -2.61. The molecule has 1 aliphatic heterocycles. The number of rotatable bonds is 5. The van der Waals surface area contributed by atoms with Gasteiger partial charge in [0.25, 0.3) is 5.91 Å². The Bertz CT molecular complexity index is 663. The Morgan fingerprint density at radius 1 is 1.23 bits per heavy atom. The molecule has 0 radical (unpaired) electrons. The zero-order valence-corrected chi connectivity index (χ0v) is 16.3. The van der Waals surface area contributed by atoms with E-state index in [1.165, 1.54) is 7.11 Å². The fourth-order valence-electron chi connectivity index (χ4n) is 3.42. The van der Waals surface area contributed by atoms with E-state index in [4.69, 9.17) is 21.2 Å². The van der Waals surface area contributed by atoms with E-state index in [0.717, 1.165) is 16.7 Å². The predicted molar refractivity (Wildman–Crippen MR) is 95.8 cm³/mol. The van der Waals surface area contributed by atoms with Crippen molar-refractivity contribution in [3.8, 4) is 0 Å². The van der Waals surface area contributed by atoms with Crippen molar-refractivity contribution in [3.63, 3.8) is 0 Å². The fraction of sp³-hybridized carbons (Fsp3) is 0.556. The Hall–Kier alpha value is -1.67. The minimum absolute atomic E-state index is 0.0297. The van der Waals surface area contributed by atoms with Crippen LogP contribution in [0.5, 0.6) is 0 Å². The molecule has 0 spiro atoms. The molecule has 144 valence electrons. The van der Waals surface area contributed by atoms with Crippen molar-refractivity contribution in [1.29, 1.82) is 0 Å². The standard InChI is InChI=1S/C18H25ClN2O5/c1-12-9-14(19)10-13(2)15(12)11-16(22)21(24)18(17(23)25-3)5-7-20(26-4)8-6-18/h9-10,24H,5-8,11H2,1-4H3. The molecule has 0 unspecified atom stereocenters. The maximum Gasteiger partial charge on any atom is 0.334 e. The predicted octanol–water partition coefficient (Wildman–Crippen LogP) is 2.29. The molecule has 0 bridgehead atoms.